The van der Waals surface area contributed by atoms with Crippen LogP contribution in [-0.4, -0.2) is 4.57 Å². The summed E-state index contributed by atoms with van der Waals surface area (Å²) in [6.45, 7) is 0. The Morgan fingerprint density at radius 3 is 1.55 bits per heavy atom. The van der Waals surface area contributed by atoms with Crippen LogP contribution in [0, 0.1) is 0 Å². The molecular formula is C48H29NO2. The van der Waals surface area contributed by atoms with Gasteiger partial charge in [0.15, 0.2) is 0 Å². The number of fused-ring (bicyclic) bond motifs is 10. The predicted octanol–water partition coefficient (Wildman–Crippen LogP) is 13.6. The summed E-state index contributed by atoms with van der Waals surface area (Å²) in [5.41, 5.74) is 13.8. The lowest BCUT2D eigenvalue weighted by Crippen LogP contribution is -1.93. The maximum atomic E-state index is 6.83. The van der Waals surface area contributed by atoms with E-state index in [1.165, 1.54) is 44.1 Å². The van der Waals surface area contributed by atoms with E-state index in [0.717, 1.165) is 60.7 Å². The molecular weight excluding hydrogens is 623 g/mol. The first-order valence-electron chi connectivity index (χ1n) is 17.3. The van der Waals surface area contributed by atoms with E-state index >= 15 is 0 Å². The Labute approximate surface area is 293 Å². The molecule has 3 heteroatoms. The first-order chi connectivity index (χ1) is 25.3. The molecule has 0 amide bonds. The zero-order valence-corrected chi connectivity index (χ0v) is 27.5. The minimum Gasteiger partial charge on any atom is -0.456 e. The molecule has 0 radical (unpaired) electrons. The number of para-hydroxylation sites is 2. The second-order valence-electron chi connectivity index (χ2n) is 13.3. The summed E-state index contributed by atoms with van der Waals surface area (Å²) in [7, 11) is 0. The Morgan fingerprint density at radius 1 is 0.314 bits per heavy atom. The van der Waals surface area contributed by atoms with Gasteiger partial charge in [-0.2, -0.15) is 0 Å². The standard InChI is InChI=1S/C48H29NO2/c1-3-11-30(12-4-1)33-25-34(31-13-5-2-6-14-31)27-35(26-33)32-19-21-39-40-22-24-45-47(48(40)51-46(39)28-32)41-29-36(20-23-44(41)50-45)49-42-17-9-7-15-37(42)38-16-8-10-18-43(38)49/h1-29H. The van der Waals surface area contributed by atoms with Crippen molar-refractivity contribution in [2.75, 3.05) is 0 Å². The molecule has 3 nitrogen and oxygen atoms in total. The number of hydrogen-bond donors (Lipinski definition) is 0. The summed E-state index contributed by atoms with van der Waals surface area (Å²) < 4.78 is 15.6. The van der Waals surface area contributed by atoms with Gasteiger partial charge in [-0.25, -0.2) is 0 Å². The van der Waals surface area contributed by atoms with Crippen LogP contribution in [0.2, 0.25) is 0 Å². The van der Waals surface area contributed by atoms with Crippen LogP contribution in [0.25, 0.3) is 105 Å². The number of rotatable bonds is 4. The first kappa shape index (κ1) is 28.0. The molecule has 11 rings (SSSR count). The molecule has 0 bridgehead atoms. The van der Waals surface area contributed by atoms with Gasteiger partial charge in [0.05, 0.1) is 16.4 Å². The molecule has 0 aliphatic rings. The van der Waals surface area contributed by atoms with Gasteiger partial charge in [-0.15, -0.1) is 0 Å². The quantitative estimate of drug-likeness (QED) is 0.190. The second kappa shape index (κ2) is 10.8. The molecule has 0 saturated carbocycles. The number of aromatic nitrogens is 1. The monoisotopic (exact) mass is 651 g/mol. The van der Waals surface area contributed by atoms with Crippen LogP contribution in [-0.2, 0) is 0 Å². The van der Waals surface area contributed by atoms with E-state index in [1.54, 1.807) is 0 Å². The van der Waals surface area contributed by atoms with Crippen molar-refractivity contribution in [3.8, 4) is 39.1 Å². The van der Waals surface area contributed by atoms with Crippen molar-refractivity contribution in [1.82, 2.24) is 4.57 Å². The van der Waals surface area contributed by atoms with Crippen LogP contribution in [0.5, 0.6) is 0 Å². The summed E-state index contributed by atoms with van der Waals surface area (Å²) in [5.74, 6) is 0. The topological polar surface area (TPSA) is 31.2 Å². The fraction of sp³-hybridized carbons (Fsp3) is 0. The molecule has 0 saturated heterocycles. The van der Waals surface area contributed by atoms with Gasteiger partial charge in [-0.1, -0.05) is 103 Å². The highest BCUT2D eigenvalue weighted by Crippen LogP contribution is 2.42. The maximum Gasteiger partial charge on any atom is 0.147 e. The molecule has 0 aliphatic heterocycles. The fourth-order valence-corrected chi connectivity index (χ4v) is 7.99. The van der Waals surface area contributed by atoms with Crippen LogP contribution < -0.4 is 0 Å². The first-order valence-corrected chi connectivity index (χ1v) is 17.3. The highest BCUT2D eigenvalue weighted by atomic mass is 16.3. The van der Waals surface area contributed by atoms with Gasteiger partial charge in [0.2, 0.25) is 0 Å². The van der Waals surface area contributed by atoms with E-state index in [4.69, 9.17) is 8.83 Å². The van der Waals surface area contributed by atoms with E-state index in [2.05, 4.69) is 180 Å². The second-order valence-corrected chi connectivity index (χ2v) is 13.3. The summed E-state index contributed by atoms with van der Waals surface area (Å²) in [4.78, 5) is 0. The normalized spacial score (nSPS) is 11.9. The summed E-state index contributed by atoms with van der Waals surface area (Å²) in [5, 5.41) is 6.69. The molecule has 3 heterocycles. The van der Waals surface area contributed by atoms with Gasteiger partial charge < -0.3 is 13.4 Å². The Kier molecular flexibility index (Phi) is 5.96. The van der Waals surface area contributed by atoms with Gasteiger partial charge in [-0.3, -0.25) is 0 Å². The Morgan fingerprint density at radius 2 is 0.882 bits per heavy atom. The minimum atomic E-state index is 0.819. The molecule has 11 aromatic rings. The number of benzene rings is 8. The fourth-order valence-electron chi connectivity index (χ4n) is 7.99. The molecule has 0 N–H and O–H groups in total. The average Bonchev–Trinajstić information content (AvgIpc) is 3.87. The van der Waals surface area contributed by atoms with Gasteiger partial charge in [0.1, 0.15) is 22.3 Å². The Bertz CT molecular complexity index is 3010. The maximum absolute atomic E-state index is 6.83. The van der Waals surface area contributed by atoms with Crippen molar-refractivity contribution >= 4 is 65.7 Å². The smallest absolute Gasteiger partial charge is 0.147 e. The van der Waals surface area contributed by atoms with Crippen molar-refractivity contribution in [3.63, 3.8) is 0 Å². The number of nitrogens with zero attached hydrogens (tertiary/aromatic N) is 1. The SMILES string of the molecule is c1ccc(-c2cc(-c3ccccc3)cc(-c3ccc4c(c3)oc3c4ccc4oc5ccc(-n6c7ccccc7c7ccccc76)cc5c43)c2)cc1. The highest BCUT2D eigenvalue weighted by molar-refractivity contribution is 6.22. The Hall–Kier alpha value is -6.84. The van der Waals surface area contributed by atoms with Crippen LogP contribution >= 0.6 is 0 Å². The molecule has 8 aromatic carbocycles. The van der Waals surface area contributed by atoms with Crippen LogP contribution in [0.1, 0.15) is 0 Å². The van der Waals surface area contributed by atoms with E-state index in [1.807, 2.05) is 0 Å². The molecule has 0 atom stereocenters. The van der Waals surface area contributed by atoms with Crippen molar-refractivity contribution in [1.29, 1.82) is 0 Å². The molecule has 3 aromatic heterocycles. The third kappa shape index (κ3) is 4.32. The molecule has 0 fully saturated rings. The lowest BCUT2D eigenvalue weighted by Gasteiger charge is -2.11. The van der Waals surface area contributed by atoms with Crippen molar-refractivity contribution in [3.05, 3.63) is 176 Å². The number of furan rings is 2. The minimum absolute atomic E-state index is 0.819. The van der Waals surface area contributed by atoms with Crippen LogP contribution in [0.15, 0.2) is 185 Å². The van der Waals surface area contributed by atoms with Crippen LogP contribution in [0.3, 0.4) is 0 Å². The molecule has 0 aliphatic carbocycles. The predicted molar refractivity (Wildman–Crippen MR) is 212 cm³/mol. The van der Waals surface area contributed by atoms with Crippen molar-refractivity contribution < 1.29 is 8.83 Å². The Balaban J connectivity index is 1.10. The lowest BCUT2D eigenvalue weighted by atomic mass is 9.93. The van der Waals surface area contributed by atoms with E-state index in [9.17, 15) is 0 Å². The van der Waals surface area contributed by atoms with Gasteiger partial charge in [0.25, 0.3) is 0 Å². The molecule has 0 spiro atoms. The molecule has 238 valence electrons. The zero-order valence-electron chi connectivity index (χ0n) is 27.5. The van der Waals surface area contributed by atoms with Gasteiger partial charge in [0, 0.05) is 32.6 Å². The van der Waals surface area contributed by atoms with Gasteiger partial charge in [-0.05, 0) is 106 Å². The highest BCUT2D eigenvalue weighted by Gasteiger charge is 2.19. The summed E-state index contributed by atoms with van der Waals surface area (Å²) in [6, 6.07) is 62.5. The van der Waals surface area contributed by atoms with Crippen molar-refractivity contribution in [2.24, 2.45) is 0 Å². The molecule has 51 heavy (non-hydrogen) atoms. The summed E-state index contributed by atoms with van der Waals surface area (Å²) >= 11 is 0. The lowest BCUT2D eigenvalue weighted by molar-refractivity contribution is 0.663. The third-order valence-electron chi connectivity index (χ3n) is 10.4. The molecule has 0 unspecified atom stereocenters. The zero-order chi connectivity index (χ0) is 33.5. The van der Waals surface area contributed by atoms with E-state index in [-0.39, 0.29) is 0 Å². The van der Waals surface area contributed by atoms with Crippen LogP contribution in [0.4, 0.5) is 0 Å². The van der Waals surface area contributed by atoms with Gasteiger partial charge >= 0.3 is 0 Å². The third-order valence-corrected chi connectivity index (χ3v) is 10.4. The van der Waals surface area contributed by atoms with E-state index in [0.29, 0.717) is 0 Å². The largest absolute Gasteiger partial charge is 0.456 e. The van der Waals surface area contributed by atoms with Crippen molar-refractivity contribution in [2.45, 2.75) is 0 Å². The summed E-state index contributed by atoms with van der Waals surface area (Å²) in [6.07, 6.45) is 0. The van der Waals surface area contributed by atoms with E-state index < -0.39 is 0 Å². The average molecular weight is 652 g/mol. The number of hydrogen-bond acceptors (Lipinski definition) is 2.